The molecule has 196 valence electrons. The van der Waals surface area contributed by atoms with Crippen molar-refractivity contribution in [2.75, 3.05) is 18.4 Å². The Morgan fingerprint density at radius 1 is 1.19 bits per heavy atom. The van der Waals surface area contributed by atoms with Gasteiger partial charge in [0.05, 0.1) is 22.7 Å². The van der Waals surface area contributed by atoms with E-state index >= 15 is 0 Å². The number of halogens is 1. The average molecular weight is 530 g/mol. The van der Waals surface area contributed by atoms with Gasteiger partial charge in [-0.05, 0) is 52.5 Å². The molecule has 4 N–H and O–H groups in total. The van der Waals surface area contributed by atoms with Crippen LogP contribution in [0.1, 0.15) is 62.6 Å². The number of nitrogens with two attached hydrogens (primary N) is 1. The molecule has 2 aromatic heterocycles. The normalized spacial score (nSPS) is 21.8. The minimum Gasteiger partial charge on any atom is -0.444 e. The Kier molecular flexibility index (Phi) is 5.70. The molecule has 2 aromatic rings. The summed E-state index contributed by atoms with van der Waals surface area (Å²) in [5, 5.41) is 5.91. The summed E-state index contributed by atoms with van der Waals surface area (Å²) in [5.74, 6) is -0.686. The van der Waals surface area contributed by atoms with Crippen LogP contribution in [0.5, 0.6) is 0 Å². The van der Waals surface area contributed by atoms with Gasteiger partial charge in [-0.3, -0.25) is 19.0 Å². The summed E-state index contributed by atoms with van der Waals surface area (Å²) in [4.78, 5) is 61.3. The number of nitrogens with zero attached hydrogens (tertiary/aromatic N) is 4. The molecule has 1 saturated heterocycles. The highest BCUT2D eigenvalue weighted by Crippen LogP contribution is 2.47. The molecular formula is C24H28ClN7O5. The van der Waals surface area contributed by atoms with E-state index in [9.17, 15) is 19.2 Å². The molecule has 13 heteroatoms. The molecule has 2 fully saturated rings. The predicted octanol–water partition coefficient (Wildman–Crippen LogP) is 1.98. The van der Waals surface area contributed by atoms with E-state index in [0.29, 0.717) is 37.9 Å². The molecule has 1 unspecified atom stereocenters. The molecule has 1 spiro atoms. The number of likely N-dealkylation sites (tertiary alicyclic amines) is 1. The van der Waals surface area contributed by atoms with Crippen molar-refractivity contribution in [1.82, 2.24) is 24.8 Å². The third-order valence-corrected chi connectivity index (χ3v) is 7.20. The number of pyridine rings is 1. The van der Waals surface area contributed by atoms with Gasteiger partial charge in [0.2, 0.25) is 5.91 Å². The topological polar surface area (TPSA) is 162 Å². The predicted molar refractivity (Wildman–Crippen MR) is 134 cm³/mol. The van der Waals surface area contributed by atoms with E-state index in [4.69, 9.17) is 22.1 Å². The van der Waals surface area contributed by atoms with Crippen LogP contribution in [0.4, 0.5) is 16.3 Å². The molecule has 3 aliphatic rings. The van der Waals surface area contributed by atoms with E-state index in [0.717, 1.165) is 0 Å². The lowest BCUT2D eigenvalue weighted by Crippen LogP contribution is -2.59. The number of ether oxygens (including phenoxy) is 1. The van der Waals surface area contributed by atoms with E-state index in [1.807, 2.05) is 0 Å². The first-order valence-electron chi connectivity index (χ1n) is 12.0. The Balaban J connectivity index is 1.50. The summed E-state index contributed by atoms with van der Waals surface area (Å²) in [6, 6.07) is 2.94. The zero-order valence-corrected chi connectivity index (χ0v) is 21.5. The summed E-state index contributed by atoms with van der Waals surface area (Å²) in [5.41, 5.74) is 2.93. The van der Waals surface area contributed by atoms with Gasteiger partial charge < -0.3 is 26.0 Å². The lowest BCUT2D eigenvalue weighted by molar-refractivity contribution is -0.120. The van der Waals surface area contributed by atoms with Crippen molar-refractivity contribution < 1.29 is 19.1 Å². The minimum absolute atomic E-state index is 0.0253. The molecule has 4 heterocycles. The zero-order chi connectivity index (χ0) is 26.8. The Morgan fingerprint density at radius 2 is 1.92 bits per heavy atom. The number of piperidine rings is 1. The van der Waals surface area contributed by atoms with Crippen LogP contribution in [-0.4, -0.2) is 56.0 Å². The van der Waals surface area contributed by atoms with Crippen molar-refractivity contribution in [3.05, 3.63) is 45.2 Å². The van der Waals surface area contributed by atoms with E-state index in [2.05, 4.69) is 20.6 Å². The quantitative estimate of drug-likeness (QED) is 0.541. The second-order valence-corrected chi connectivity index (χ2v) is 11.2. The van der Waals surface area contributed by atoms with Crippen molar-refractivity contribution in [3.63, 3.8) is 0 Å². The first kappa shape index (κ1) is 25.0. The lowest BCUT2D eigenvalue weighted by Gasteiger charge is -2.41. The first-order valence-corrected chi connectivity index (χ1v) is 12.4. The number of aromatic nitrogens is 3. The molecule has 37 heavy (non-hydrogen) atoms. The van der Waals surface area contributed by atoms with Gasteiger partial charge >= 0.3 is 6.09 Å². The number of nitrogens with one attached hydrogen (secondary N) is 2. The second-order valence-electron chi connectivity index (χ2n) is 10.7. The fourth-order valence-corrected chi connectivity index (χ4v) is 5.28. The summed E-state index contributed by atoms with van der Waals surface area (Å²) in [7, 11) is 0. The number of rotatable bonds is 4. The number of anilines is 2. The van der Waals surface area contributed by atoms with Crippen LogP contribution in [0.15, 0.2) is 23.3 Å². The van der Waals surface area contributed by atoms with Gasteiger partial charge in [0, 0.05) is 12.6 Å². The van der Waals surface area contributed by atoms with Gasteiger partial charge in [0.15, 0.2) is 0 Å². The molecular weight excluding hydrogens is 502 g/mol. The molecule has 0 radical (unpaired) electrons. The van der Waals surface area contributed by atoms with Crippen LogP contribution < -0.4 is 21.9 Å². The Hall–Kier alpha value is -3.67. The van der Waals surface area contributed by atoms with Gasteiger partial charge in [-0.25, -0.2) is 14.8 Å². The Morgan fingerprint density at radius 3 is 2.57 bits per heavy atom. The van der Waals surface area contributed by atoms with Crippen molar-refractivity contribution in [2.24, 2.45) is 5.73 Å². The van der Waals surface area contributed by atoms with Crippen molar-refractivity contribution in [1.29, 1.82) is 0 Å². The highest BCUT2D eigenvalue weighted by Gasteiger charge is 2.52. The molecule has 1 aliphatic carbocycles. The molecule has 1 atom stereocenters. The fraction of sp³-hybridized carbons (Fsp3) is 0.500. The van der Waals surface area contributed by atoms with Crippen LogP contribution in [0.2, 0.25) is 5.02 Å². The summed E-state index contributed by atoms with van der Waals surface area (Å²) in [6.07, 6.45) is 2.90. The van der Waals surface area contributed by atoms with Crippen molar-refractivity contribution in [3.8, 4) is 0 Å². The molecule has 5 rings (SSSR count). The molecule has 12 nitrogen and oxygen atoms in total. The van der Waals surface area contributed by atoms with E-state index in [1.54, 1.807) is 26.8 Å². The van der Waals surface area contributed by atoms with Gasteiger partial charge in [0.1, 0.15) is 34.8 Å². The number of hydrogen-bond donors (Lipinski definition) is 3. The maximum Gasteiger partial charge on any atom is 0.410 e. The Bertz CT molecular complexity index is 1380. The van der Waals surface area contributed by atoms with Crippen LogP contribution in [0, 0.1) is 0 Å². The van der Waals surface area contributed by atoms with Crippen molar-refractivity contribution in [2.45, 2.75) is 63.1 Å². The highest BCUT2D eigenvalue weighted by molar-refractivity contribution is 6.34. The third-order valence-electron chi connectivity index (χ3n) is 6.91. The van der Waals surface area contributed by atoms with Crippen LogP contribution in [0.3, 0.4) is 0 Å². The minimum atomic E-state index is -1.18. The van der Waals surface area contributed by atoms with Crippen LogP contribution >= 0.6 is 11.6 Å². The van der Waals surface area contributed by atoms with Gasteiger partial charge in [-0.2, -0.15) is 0 Å². The van der Waals surface area contributed by atoms with E-state index < -0.39 is 40.1 Å². The monoisotopic (exact) mass is 529 g/mol. The maximum absolute atomic E-state index is 13.7. The van der Waals surface area contributed by atoms with Crippen LogP contribution in [0.25, 0.3) is 0 Å². The highest BCUT2D eigenvalue weighted by atomic mass is 35.5. The first-order chi connectivity index (χ1) is 17.4. The largest absolute Gasteiger partial charge is 0.444 e. The lowest BCUT2D eigenvalue weighted by atomic mass is 9.98. The second kappa shape index (κ2) is 8.44. The molecule has 1 saturated carbocycles. The average Bonchev–Trinajstić information content (AvgIpc) is 3.57. The van der Waals surface area contributed by atoms with Crippen LogP contribution in [-0.2, 0) is 20.6 Å². The van der Waals surface area contributed by atoms with Gasteiger partial charge in [-0.1, -0.05) is 11.6 Å². The molecule has 0 bridgehead atoms. The smallest absolute Gasteiger partial charge is 0.410 e. The number of hydrogen-bond acceptors (Lipinski definition) is 8. The number of carbonyl (C=O) groups excluding carboxylic acids is 3. The summed E-state index contributed by atoms with van der Waals surface area (Å²) in [6.45, 7) is 5.78. The van der Waals surface area contributed by atoms with E-state index in [1.165, 1.54) is 21.9 Å². The fourth-order valence-electron chi connectivity index (χ4n) is 5.00. The number of fused-ring (bicyclic) bond motifs is 2. The van der Waals surface area contributed by atoms with Crippen molar-refractivity contribution >= 4 is 41.0 Å². The number of primary amides is 1. The summed E-state index contributed by atoms with van der Waals surface area (Å²) < 4.78 is 6.84. The maximum atomic E-state index is 13.7. The van der Waals surface area contributed by atoms with Gasteiger partial charge in [0.25, 0.3) is 11.5 Å². The SMILES string of the molecule is CC(C)(C)OC(=O)N1CCCC2(C1)NC(=O)c1c(Cl)cc(Nc3cc(C4(C(N)=O)CC4)ncn3)c(=O)n12. The molecule has 3 amide bonds. The molecule has 0 aromatic carbocycles. The number of carbonyl (C=O) groups is 3. The number of amides is 3. The standard InChI is InChI=1S/C24H28ClN7O5/c1-22(2,3)37-21(36)31-8-4-5-24(11-31)30-18(33)17-13(25)9-14(19(34)32(17)24)29-16-10-15(27-12-28-16)23(6-7-23)20(26)35/h9-10,12H,4-8,11H2,1-3H3,(H2,26,35)(H,30,33)(H,27,28,29). The summed E-state index contributed by atoms with van der Waals surface area (Å²) >= 11 is 6.49. The molecule has 2 aliphatic heterocycles. The third kappa shape index (κ3) is 4.28. The van der Waals surface area contributed by atoms with Gasteiger partial charge in [-0.15, -0.1) is 0 Å². The zero-order valence-electron chi connectivity index (χ0n) is 20.8. The Labute approximate surface area is 217 Å². The van der Waals surface area contributed by atoms with E-state index in [-0.39, 0.29) is 28.8 Å².